The molecule has 0 radical (unpaired) electrons. The summed E-state index contributed by atoms with van der Waals surface area (Å²) in [6.45, 7) is 6.33. The average molecular weight is 683 g/mol. The molecule has 4 aliphatic heterocycles. The molecule has 1 spiro atoms. The third kappa shape index (κ3) is 10.4. The molecule has 0 amide bonds. The molecule has 1 atom stereocenters. The van der Waals surface area contributed by atoms with Gasteiger partial charge in [-0.25, -0.2) is 0 Å². The van der Waals surface area contributed by atoms with E-state index in [1.165, 1.54) is 38.9 Å². The first kappa shape index (κ1) is 32.4. The number of aromatic hydroxyl groups is 1. The number of fused-ring (bicyclic) bond motifs is 1. The van der Waals surface area contributed by atoms with Gasteiger partial charge in [-0.3, -0.25) is 14.4 Å². The van der Waals surface area contributed by atoms with Gasteiger partial charge in [-0.05, 0) is 88.5 Å². The highest BCUT2D eigenvalue weighted by Gasteiger charge is 2.42. The lowest BCUT2D eigenvalue weighted by atomic mass is 9.86. The number of rotatable bonds is 1. The van der Waals surface area contributed by atoms with Gasteiger partial charge in [0, 0.05) is 28.6 Å². The van der Waals surface area contributed by atoms with Gasteiger partial charge in [-0.15, -0.1) is 0 Å². The third-order valence-electron chi connectivity index (χ3n) is 6.64. The molecule has 2 aromatic carbocycles. The molecule has 1 unspecified atom stereocenters. The standard InChI is InChI=1S/C13H13BrO3.C8H7BrO2.C5H8O2.C4H9N/c14-9-2-3-12-10(6-9)11(15)7-13(17-12)4-1-5-16-8-13;1-5(10)7-4-6(9)2-3-8(7)11;6-5-2-1-3-7-4-5;1-2-4-5-3-1/h2-3,6H,1,4-5,7-8H2;2-4,11H,1H3;1-4H2;5H,1-4H2. The predicted octanol–water partition coefficient (Wildman–Crippen LogP) is 6.06. The number of hydrogen-bond acceptors (Lipinski definition) is 8. The second kappa shape index (κ2) is 16.4. The summed E-state index contributed by atoms with van der Waals surface area (Å²) in [6, 6.07) is 10.3. The second-order valence-corrected chi connectivity index (χ2v) is 11.9. The van der Waals surface area contributed by atoms with Crippen molar-refractivity contribution in [2.45, 2.75) is 57.5 Å². The van der Waals surface area contributed by atoms with Crippen molar-refractivity contribution >= 4 is 49.2 Å². The smallest absolute Gasteiger partial charge is 0.170 e. The predicted molar refractivity (Wildman–Crippen MR) is 159 cm³/mol. The van der Waals surface area contributed by atoms with Crippen molar-refractivity contribution in [2.75, 3.05) is 39.5 Å². The first-order valence-electron chi connectivity index (χ1n) is 13.6. The summed E-state index contributed by atoms with van der Waals surface area (Å²) >= 11 is 6.57. The van der Waals surface area contributed by atoms with E-state index in [1.807, 2.05) is 18.2 Å². The second-order valence-electron chi connectivity index (χ2n) is 10.1. The first-order chi connectivity index (χ1) is 19.2. The number of phenolic OH excluding ortho intramolecular Hbond substituents is 1. The normalized spacial score (nSPS) is 21.4. The van der Waals surface area contributed by atoms with Crippen LogP contribution in [-0.4, -0.2) is 67.6 Å². The largest absolute Gasteiger partial charge is 0.507 e. The van der Waals surface area contributed by atoms with Crippen LogP contribution in [0.15, 0.2) is 45.3 Å². The fourth-order valence-electron chi connectivity index (χ4n) is 4.56. The Morgan fingerprint density at radius 2 is 1.65 bits per heavy atom. The minimum absolute atomic E-state index is 0.0284. The Labute approximate surface area is 252 Å². The van der Waals surface area contributed by atoms with E-state index in [9.17, 15) is 14.4 Å². The molecule has 4 aliphatic rings. The van der Waals surface area contributed by atoms with Crippen LogP contribution in [0.25, 0.3) is 0 Å². The number of phenols is 1. The lowest BCUT2D eigenvalue weighted by molar-refractivity contribution is -0.126. The number of Topliss-reactive ketones (excluding diaryl/α,β-unsaturated/α-hetero) is 3. The molecule has 218 valence electrons. The number of benzene rings is 2. The summed E-state index contributed by atoms with van der Waals surface area (Å²) in [5.41, 5.74) is 0.603. The maximum absolute atomic E-state index is 12.2. The SMILES string of the molecule is C1CCNC1.CC(=O)c1cc(Br)ccc1O.O=C1CC2(CCCOC2)Oc2ccc(Br)cc21.O=C1CCCOC1. The van der Waals surface area contributed by atoms with Gasteiger partial charge < -0.3 is 24.6 Å². The molecule has 3 fully saturated rings. The summed E-state index contributed by atoms with van der Waals surface area (Å²) in [4.78, 5) is 33.3. The number of hydrogen-bond donors (Lipinski definition) is 2. The van der Waals surface area contributed by atoms with Crippen LogP contribution in [0.5, 0.6) is 11.5 Å². The van der Waals surface area contributed by atoms with Crippen molar-refractivity contribution in [3.05, 3.63) is 56.5 Å². The molecule has 0 bridgehead atoms. The van der Waals surface area contributed by atoms with Crippen molar-refractivity contribution in [3.8, 4) is 11.5 Å². The molecule has 3 saturated heterocycles. The Kier molecular flexibility index (Phi) is 13.3. The van der Waals surface area contributed by atoms with Gasteiger partial charge in [-0.1, -0.05) is 31.9 Å². The fourth-order valence-corrected chi connectivity index (χ4v) is 5.28. The zero-order valence-corrected chi connectivity index (χ0v) is 26.0. The van der Waals surface area contributed by atoms with E-state index in [2.05, 4.69) is 37.2 Å². The lowest BCUT2D eigenvalue weighted by Gasteiger charge is -2.40. The molecule has 8 nitrogen and oxygen atoms in total. The van der Waals surface area contributed by atoms with Gasteiger partial charge in [0.15, 0.2) is 17.3 Å². The summed E-state index contributed by atoms with van der Waals surface area (Å²) in [5, 5.41) is 12.4. The Morgan fingerprint density at radius 1 is 0.950 bits per heavy atom. The van der Waals surface area contributed by atoms with E-state index < -0.39 is 5.60 Å². The lowest BCUT2D eigenvalue weighted by Crippen LogP contribution is -2.48. The fraction of sp³-hybridized carbons (Fsp3) is 0.500. The molecule has 2 aromatic rings. The minimum atomic E-state index is -0.420. The summed E-state index contributed by atoms with van der Waals surface area (Å²) in [5.74, 6) is 0.976. The third-order valence-corrected chi connectivity index (χ3v) is 7.63. The minimum Gasteiger partial charge on any atom is -0.507 e. The van der Waals surface area contributed by atoms with Crippen LogP contribution in [0, 0.1) is 0 Å². The van der Waals surface area contributed by atoms with E-state index in [4.69, 9.17) is 19.3 Å². The Balaban J connectivity index is 0.000000164. The summed E-state index contributed by atoms with van der Waals surface area (Å²) < 4.78 is 18.0. The Bertz CT molecular complexity index is 1150. The molecule has 0 aliphatic carbocycles. The molecule has 4 heterocycles. The number of nitrogens with one attached hydrogen (secondary N) is 1. The van der Waals surface area contributed by atoms with Crippen LogP contribution >= 0.6 is 31.9 Å². The van der Waals surface area contributed by atoms with Crippen LogP contribution in [-0.2, 0) is 14.3 Å². The highest BCUT2D eigenvalue weighted by molar-refractivity contribution is 9.10. The maximum Gasteiger partial charge on any atom is 0.170 e. The molecule has 6 rings (SSSR count). The first-order valence-corrected chi connectivity index (χ1v) is 15.2. The number of ether oxygens (including phenoxy) is 3. The van der Waals surface area contributed by atoms with Crippen molar-refractivity contribution in [2.24, 2.45) is 0 Å². The topological polar surface area (TPSA) is 111 Å². The number of carbonyl (C=O) groups is 3. The van der Waals surface area contributed by atoms with Crippen LogP contribution in [0.3, 0.4) is 0 Å². The highest BCUT2D eigenvalue weighted by atomic mass is 79.9. The average Bonchev–Trinajstić information content (AvgIpc) is 3.53. The van der Waals surface area contributed by atoms with Gasteiger partial charge in [0.1, 0.15) is 23.7 Å². The zero-order valence-electron chi connectivity index (χ0n) is 22.8. The van der Waals surface area contributed by atoms with Crippen molar-refractivity contribution < 1.29 is 33.7 Å². The number of carbonyl (C=O) groups excluding carboxylic acids is 3. The van der Waals surface area contributed by atoms with Crippen molar-refractivity contribution in [3.63, 3.8) is 0 Å². The van der Waals surface area contributed by atoms with Crippen LogP contribution in [0.4, 0.5) is 0 Å². The van der Waals surface area contributed by atoms with Gasteiger partial charge in [-0.2, -0.15) is 0 Å². The maximum atomic E-state index is 12.2. The molecule has 0 aromatic heterocycles. The van der Waals surface area contributed by atoms with E-state index in [1.54, 1.807) is 12.1 Å². The molecule has 10 heteroatoms. The molecular weight excluding hydrogens is 646 g/mol. The molecule has 2 N–H and O–H groups in total. The van der Waals surface area contributed by atoms with Crippen molar-refractivity contribution in [1.29, 1.82) is 0 Å². The van der Waals surface area contributed by atoms with Crippen LogP contribution < -0.4 is 10.1 Å². The molecule has 0 saturated carbocycles. The Morgan fingerprint density at radius 3 is 2.17 bits per heavy atom. The monoisotopic (exact) mass is 681 g/mol. The van der Waals surface area contributed by atoms with Gasteiger partial charge in [0.25, 0.3) is 0 Å². The number of ketones is 3. The van der Waals surface area contributed by atoms with E-state index >= 15 is 0 Å². The van der Waals surface area contributed by atoms with E-state index in [0.717, 1.165) is 47.8 Å². The molecule has 40 heavy (non-hydrogen) atoms. The van der Waals surface area contributed by atoms with E-state index in [-0.39, 0.29) is 23.1 Å². The van der Waals surface area contributed by atoms with Crippen LogP contribution in [0.1, 0.15) is 72.6 Å². The van der Waals surface area contributed by atoms with Gasteiger partial charge in [0.05, 0.1) is 24.2 Å². The molecular formula is C30H37Br2NO7. The highest BCUT2D eigenvalue weighted by Crippen LogP contribution is 2.38. The summed E-state index contributed by atoms with van der Waals surface area (Å²) in [7, 11) is 0. The number of halogens is 2. The summed E-state index contributed by atoms with van der Waals surface area (Å²) in [6.07, 6.45) is 6.70. The Hall–Kier alpha value is -2.11. The van der Waals surface area contributed by atoms with Crippen LogP contribution in [0.2, 0.25) is 0 Å². The van der Waals surface area contributed by atoms with E-state index in [0.29, 0.717) is 36.5 Å². The zero-order chi connectivity index (χ0) is 29.0. The van der Waals surface area contributed by atoms with Crippen molar-refractivity contribution in [1.82, 2.24) is 5.32 Å². The van der Waals surface area contributed by atoms with Gasteiger partial charge in [0.2, 0.25) is 0 Å². The van der Waals surface area contributed by atoms with Gasteiger partial charge >= 0.3 is 0 Å². The quantitative estimate of drug-likeness (QED) is 0.350.